The minimum absolute atomic E-state index is 0.0739. The van der Waals surface area contributed by atoms with Crippen molar-refractivity contribution >= 4 is 39.3 Å². The number of sulfonamides is 1. The quantitative estimate of drug-likeness (QED) is 0.511. The van der Waals surface area contributed by atoms with Gasteiger partial charge in [0.15, 0.2) is 6.61 Å². The molecular weight excluding hydrogens is 388 g/mol. The fraction of sp³-hybridized carbons (Fsp3) is 0.222. The molecule has 0 fully saturated rings. The van der Waals surface area contributed by atoms with Crippen LogP contribution in [0, 0.1) is 6.92 Å². The van der Waals surface area contributed by atoms with Gasteiger partial charge in [0, 0.05) is 16.3 Å². The maximum atomic E-state index is 11.9. The molecule has 0 atom stereocenters. The molecule has 0 unspecified atom stereocenters. The first kappa shape index (κ1) is 20.9. The average molecular weight is 409 g/mol. The van der Waals surface area contributed by atoms with E-state index in [2.05, 4.69) is 5.32 Å². The van der Waals surface area contributed by atoms with E-state index in [1.165, 1.54) is 23.9 Å². The van der Waals surface area contributed by atoms with Crippen LogP contribution in [0.2, 0.25) is 0 Å². The van der Waals surface area contributed by atoms with Crippen LogP contribution in [0.15, 0.2) is 58.3 Å². The first-order valence-electron chi connectivity index (χ1n) is 8.02. The number of nitrogens with two attached hydrogens (primary N) is 1. The molecule has 0 heterocycles. The van der Waals surface area contributed by atoms with Crippen molar-refractivity contribution in [2.75, 3.05) is 17.7 Å². The van der Waals surface area contributed by atoms with E-state index in [-0.39, 0.29) is 17.0 Å². The van der Waals surface area contributed by atoms with E-state index in [1.54, 1.807) is 13.0 Å². The Bertz CT molecular complexity index is 915. The molecule has 0 aliphatic heterocycles. The van der Waals surface area contributed by atoms with Crippen LogP contribution in [0.4, 0.5) is 5.69 Å². The topological polar surface area (TPSA) is 116 Å². The van der Waals surface area contributed by atoms with Crippen molar-refractivity contribution in [3.8, 4) is 0 Å². The van der Waals surface area contributed by atoms with Gasteiger partial charge in [-0.1, -0.05) is 24.3 Å². The number of carbonyl (C=O) groups excluding carboxylic acids is 2. The summed E-state index contributed by atoms with van der Waals surface area (Å²) in [5, 5.41) is 7.61. The number of ether oxygens (including phenoxy) is 1. The van der Waals surface area contributed by atoms with Gasteiger partial charge in [0.05, 0.1) is 11.3 Å². The van der Waals surface area contributed by atoms with E-state index in [4.69, 9.17) is 9.88 Å². The van der Waals surface area contributed by atoms with Gasteiger partial charge in [-0.15, -0.1) is 11.8 Å². The zero-order chi connectivity index (χ0) is 19.9. The van der Waals surface area contributed by atoms with Crippen molar-refractivity contribution < 1.29 is 22.7 Å². The first-order chi connectivity index (χ1) is 12.8. The van der Waals surface area contributed by atoms with Crippen molar-refractivity contribution in [3.63, 3.8) is 0 Å². The number of hydrogen-bond acceptors (Lipinski definition) is 6. The normalized spacial score (nSPS) is 11.0. The van der Waals surface area contributed by atoms with Crippen LogP contribution in [0.5, 0.6) is 0 Å². The number of hydrogen-bond donors (Lipinski definition) is 2. The molecule has 2 rings (SSSR count). The van der Waals surface area contributed by atoms with Crippen LogP contribution in [-0.2, 0) is 24.3 Å². The van der Waals surface area contributed by atoms with E-state index in [0.29, 0.717) is 11.3 Å². The third kappa shape index (κ3) is 7.05. The van der Waals surface area contributed by atoms with Gasteiger partial charge in [-0.2, -0.15) is 0 Å². The molecule has 0 aromatic heterocycles. The molecule has 7 nitrogen and oxygen atoms in total. The Kier molecular flexibility index (Phi) is 7.40. The Labute approximate surface area is 162 Å². The summed E-state index contributed by atoms with van der Waals surface area (Å²) in [6.07, 6.45) is 0.174. The predicted octanol–water partition coefficient (Wildman–Crippen LogP) is 2.31. The minimum atomic E-state index is -3.89. The third-order valence-electron chi connectivity index (χ3n) is 3.46. The lowest BCUT2D eigenvalue weighted by molar-refractivity contribution is -0.146. The largest absolute Gasteiger partial charge is 0.456 e. The summed E-state index contributed by atoms with van der Waals surface area (Å²) in [6.45, 7) is 1.15. The smallest absolute Gasteiger partial charge is 0.307 e. The molecule has 9 heteroatoms. The molecule has 0 aliphatic carbocycles. The van der Waals surface area contributed by atoms with E-state index in [9.17, 15) is 18.0 Å². The molecule has 1 amide bonds. The molecular formula is C18H20N2O5S2. The first-order valence-corrected chi connectivity index (χ1v) is 10.6. The Morgan fingerprint density at radius 2 is 1.85 bits per heavy atom. The zero-order valence-corrected chi connectivity index (χ0v) is 16.3. The number of nitrogens with one attached hydrogen (secondary N) is 1. The number of anilines is 1. The summed E-state index contributed by atoms with van der Waals surface area (Å²) in [5.74, 6) is -0.508. The molecule has 2 aromatic carbocycles. The van der Waals surface area contributed by atoms with Gasteiger partial charge in [-0.3, -0.25) is 9.59 Å². The summed E-state index contributed by atoms with van der Waals surface area (Å²) in [4.78, 5) is 24.6. The zero-order valence-electron chi connectivity index (χ0n) is 14.7. The van der Waals surface area contributed by atoms with E-state index in [0.717, 1.165) is 4.90 Å². The lowest BCUT2D eigenvalue weighted by atomic mass is 10.2. The highest BCUT2D eigenvalue weighted by Gasteiger charge is 2.14. The van der Waals surface area contributed by atoms with Gasteiger partial charge in [0.1, 0.15) is 0 Å². The molecule has 0 radical (unpaired) electrons. The molecule has 0 spiro atoms. The van der Waals surface area contributed by atoms with Crippen molar-refractivity contribution in [3.05, 3.63) is 54.1 Å². The van der Waals surface area contributed by atoms with Gasteiger partial charge in [0.25, 0.3) is 5.91 Å². The van der Waals surface area contributed by atoms with E-state index < -0.39 is 28.5 Å². The summed E-state index contributed by atoms with van der Waals surface area (Å²) in [6, 6.07) is 14.0. The minimum Gasteiger partial charge on any atom is -0.456 e. The number of thioether (sulfide) groups is 1. The van der Waals surface area contributed by atoms with E-state index in [1.807, 2.05) is 30.3 Å². The highest BCUT2D eigenvalue weighted by Crippen LogP contribution is 2.19. The lowest BCUT2D eigenvalue weighted by Crippen LogP contribution is -2.21. The second-order valence-electron chi connectivity index (χ2n) is 5.65. The summed E-state index contributed by atoms with van der Waals surface area (Å²) in [7, 11) is -3.89. The Morgan fingerprint density at radius 3 is 2.52 bits per heavy atom. The fourth-order valence-corrected chi connectivity index (χ4v) is 3.83. The van der Waals surface area contributed by atoms with Gasteiger partial charge in [-0.25, -0.2) is 13.6 Å². The lowest BCUT2D eigenvalue weighted by Gasteiger charge is -2.09. The predicted molar refractivity (Wildman–Crippen MR) is 104 cm³/mol. The number of rotatable bonds is 8. The highest BCUT2D eigenvalue weighted by atomic mass is 32.2. The van der Waals surface area contributed by atoms with Crippen molar-refractivity contribution in [2.24, 2.45) is 5.14 Å². The second kappa shape index (κ2) is 9.54. The van der Waals surface area contributed by atoms with Gasteiger partial charge in [0.2, 0.25) is 10.0 Å². The van der Waals surface area contributed by atoms with Crippen LogP contribution in [0.3, 0.4) is 0 Å². The second-order valence-corrected chi connectivity index (χ2v) is 8.34. The Balaban J connectivity index is 1.78. The number of aryl methyl sites for hydroxylation is 1. The summed E-state index contributed by atoms with van der Waals surface area (Å²) >= 11 is 1.52. The molecule has 27 heavy (non-hydrogen) atoms. The van der Waals surface area contributed by atoms with E-state index >= 15 is 0 Å². The number of carbonyl (C=O) groups is 2. The molecule has 0 bridgehead atoms. The average Bonchev–Trinajstić information content (AvgIpc) is 2.61. The maximum Gasteiger partial charge on any atom is 0.307 e. The van der Waals surface area contributed by atoms with Crippen LogP contribution in [-0.4, -0.2) is 32.7 Å². The van der Waals surface area contributed by atoms with Crippen LogP contribution in [0.25, 0.3) is 0 Å². The Morgan fingerprint density at radius 1 is 1.15 bits per heavy atom. The molecule has 3 N–H and O–H groups in total. The number of primary sulfonamides is 1. The maximum absolute atomic E-state index is 11.9. The standard InChI is InChI=1S/C18H20N2O5S2/c1-13-7-8-14(11-16(13)27(19,23)24)20-17(21)12-25-18(22)9-10-26-15-5-3-2-4-6-15/h2-8,11H,9-10,12H2,1H3,(H,20,21)(H2,19,23,24). The number of amides is 1. The van der Waals surface area contributed by atoms with Crippen LogP contribution in [0.1, 0.15) is 12.0 Å². The molecule has 0 saturated carbocycles. The van der Waals surface area contributed by atoms with Crippen molar-refractivity contribution in [1.82, 2.24) is 0 Å². The summed E-state index contributed by atoms with van der Waals surface area (Å²) in [5.41, 5.74) is 0.725. The molecule has 2 aromatic rings. The van der Waals surface area contributed by atoms with Gasteiger partial charge >= 0.3 is 5.97 Å². The van der Waals surface area contributed by atoms with Gasteiger partial charge < -0.3 is 10.1 Å². The number of esters is 1. The number of benzene rings is 2. The molecule has 144 valence electrons. The summed E-state index contributed by atoms with van der Waals surface area (Å²) < 4.78 is 27.9. The monoisotopic (exact) mass is 408 g/mol. The van der Waals surface area contributed by atoms with Crippen molar-refractivity contribution in [2.45, 2.75) is 23.1 Å². The molecule has 0 saturated heterocycles. The van der Waals surface area contributed by atoms with Crippen LogP contribution < -0.4 is 10.5 Å². The highest BCUT2D eigenvalue weighted by molar-refractivity contribution is 7.99. The van der Waals surface area contributed by atoms with Gasteiger partial charge in [-0.05, 0) is 36.8 Å². The third-order valence-corrected chi connectivity index (χ3v) is 5.53. The Hall–Kier alpha value is -2.36. The molecule has 0 aliphatic rings. The van der Waals surface area contributed by atoms with Crippen molar-refractivity contribution in [1.29, 1.82) is 0 Å². The van der Waals surface area contributed by atoms with Crippen LogP contribution >= 0.6 is 11.8 Å². The fourth-order valence-electron chi connectivity index (χ4n) is 2.17. The SMILES string of the molecule is Cc1ccc(NC(=O)COC(=O)CCSc2ccccc2)cc1S(N)(=O)=O.